The molecule has 1 fully saturated rings. The lowest BCUT2D eigenvalue weighted by Crippen LogP contribution is -2.46. The van der Waals surface area contributed by atoms with Crippen LogP contribution in [-0.2, 0) is 4.79 Å². The molecule has 0 aromatic rings. The van der Waals surface area contributed by atoms with Gasteiger partial charge in [0.05, 0.1) is 0 Å². The summed E-state index contributed by atoms with van der Waals surface area (Å²) >= 11 is 0. The van der Waals surface area contributed by atoms with Crippen molar-refractivity contribution >= 4 is 12.0 Å². The van der Waals surface area contributed by atoms with E-state index in [0.29, 0.717) is 13.0 Å². The van der Waals surface area contributed by atoms with E-state index in [2.05, 4.69) is 10.6 Å². The van der Waals surface area contributed by atoms with Gasteiger partial charge in [-0.15, -0.1) is 0 Å². The number of aliphatic carboxylic acids is 1. The van der Waals surface area contributed by atoms with Gasteiger partial charge in [-0.25, -0.2) is 9.59 Å². The Morgan fingerprint density at radius 3 is 2.65 bits per heavy atom. The highest BCUT2D eigenvalue weighted by Crippen LogP contribution is 2.33. The zero-order chi connectivity index (χ0) is 12.7. The van der Waals surface area contributed by atoms with E-state index in [1.807, 2.05) is 6.92 Å². The summed E-state index contributed by atoms with van der Waals surface area (Å²) < 4.78 is 0. The summed E-state index contributed by atoms with van der Waals surface area (Å²) in [4.78, 5) is 22.2. The van der Waals surface area contributed by atoms with Crippen LogP contribution in [0.5, 0.6) is 0 Å². The molecule has 98 valence electrons. The van der Waals surface area contributed by atoms with Gasteiger partial charge in [-0.05, 0) is 25.2 Å². The predicted molar refractivity (Wildman–Crippen MR) is 64.8 cm³/mol. The number of carboxylic acid groups (broad SMARTS) is 1. The SMILES string of the molecule is CCC[C@H](NC(=O)NCCCC1CC1)C(=O)O. The van der Waals surface area contributed by atoms with E-state index in [1.165, 1.54) is 12.8 Å². The van der Waals surface area contributed by atoms with Crippen LogP contribution in [0.4, 0.5) is 4.79 Å². The Kier molecular flexibility index (Phi) is 5.80. The second-order valence-electron chi connectivity index (χ2n) is 4.67. The third kappa shape index (κ3) is 6.14. The maximum Gasteiger partial charge on any atom is 0.326 e. The van der Waals surface area contributed by atoms with Crippen LogP contribution in [-0.4, -0.2) is 29.7 Å². The van der Waals surface area contributed by atoms with Gasteiger partial charge in [0.25, 0.3) is 0 Å². The van der Waals surface area contributed by atoms with Gasteiger partial charge in [-0.2, -0.15) is 0 Å². The van der Waals surface area contributed by atoms with Crippen molar-refractivity contribution in [2.75, 3.05) is 6.54 Å². The van der Waals surface area contributed by atoms with Crippen LogP contribution in [0.15, 0.2) is 0 Å². The molecule has 17 heavy (non-hydrogen) atoms. The molecule has 0 aromatic heterocycles. The summed E-state index contributed by atoms with van der Waals surface area (Å²) in [6, 6.07) is -1.15. The molecule has 5 nitrogen and oxygen atoms in total. The molecule has 0 saturated heterocycles. The maximum absolute atomic E-state index is 11.4. The third-order valence-electron chi connectivity index (χ3n) is 2.95. The summed E-state index contributed by atoms with van der Waals surface area (Å²) in [5, 5.41) is 14.0. The Balaban J connectivity index is 2.09. The molecule has 0 aromatic carbocycles. The van der Waals surface area contributed by atoms with Crippen molar-refractivity contribution in [3.8, 4) is 0 Å². The Labute approximate surface area is 102 Å². The van der Waals surface area contributed by atoms with E-state index in [0.717, 1.165) is 25.2 Å². The van der Waals surface area contributed by atoms with Gasteiger partial charge in [0, 0.05) is 6.54 Å². The van der Waals surface area contributed by atoms with Crippen LogP contribution in [0.1, 0.15) is 45.4 Å². The Hall–Kier alpha value is -1.26. The lowest BCUT2D eigenvalue weighted by atomic mass is 10.2. The minimum absolute atomic E-state index is 0.373. The average Bonchev–Trinajstić information content (AvgIpc) is 3.07. The van der Waals surface area contributed by atoms with E-state index in [-0.39, 0.29) is 6.03 Å². The van der Waals surface area contributed by atoms with Crippen LogP contribution in [0.25, 0.3) is 0 Å². The second kappa shape index (κ2) is 7.14. The molecule has 1 atom stereocenters. The van der Waals surface area contributed by atoms with Crippen LogP contribution >= 0.6 is 0 Å². The smallest absolute Gasteiger partial charge is 0.326 e. The molecule has 1 aliphatic rings. The summed E-state index contributed by atoms with van der Waals surface area (Å²) in [6.45, 7) is 2.52. The number of hydrogen-bond acceptors (Lipinski definition) is 2. The number of amides is 2. The lowest BCUT2D eigenvalue weighted by Gasteiger charge is -2.14. The molecule has 5 heteroatoms. The monoisotopic (exact) mass is 242 g/mol. The van der Waals surface area contributed by atoms with Crippen LogP contribution in [0.2, 0.25) is 0 Å². The summed E-state index contributed by atoms with van der Waals surface area (Å²) in [7, 11) is 0. The second-order valence-corrected chi connectivity index (χ2v) is 4.67. The molecule has 0 unspecified atom stereocenters. The molecule has 0 heterocycles. The van der Waals surface area contributed by atoms with Gasteiger partial charge < -0.3 is 15.7 Å². The van der Waals surface area contributed by atoms with Crippen molar-refractivity contribution in [1.29, 1.82) is 0 Å². The maximum atomic E-state index is 11.4. The lowest BCUT2D eigenvalue weighted by molar-refractivity contribution is -0.139. The topological polar surface area (TPSA) is 78.4 Å². The highest BCUT2D eigenvalue weighted by molar-refractivity contribution is 5.82. The molecule has 0 aliphatic heterocycles. The van der Waals surface area contributed by atoms with Crippen LogP contribution in [0.3, 0.4) is 0 Å². The molecule has 1 rings (SSSR count). The van der Waals surface area contributed by atoms with Crippen molar-refractivity contribution < 1.29 is 14.7 Å². The number of carbonyl (C=O) groups is 2. The van der Waals surface area contributed by atoms with Gasteiger partial charge in [-0.3, -0.25) is 0 Å². The number of carboxylic acids is 1. The molecule has 0 bridgehead atoms. The molecular weight excluding hydrogens is 220 g/mol. The van der Waals surface area contributed by atoms with Crippen molar-refractivity contribution in [3.63, 3.8) is 0 Å². The van der Waals surface area contributed by atoms with Gasteiger partial charge in [0.1, 0.15) is 6.04 Å². The van der Waals surface area contributed by atoms with Crippen molar-refractivity contribution in [3.05, 3.63) is 0 Å². The van der Waals surface area contributed by atoms with E-state index >= 15 is 0 Å². The Morgan fingerprint density at radius 2 is 2.12 bits per heavy atom. The van der Waals surface area contributed by atoms with Crippen LogP contribution < -0.4 is 10.6 Å². The van der Waals surface area contributed by atoms with E-state index in [9.17, 15) is 9.59 Å². The first-order chi connectivity index (χ1) is 8.13. The number of hydrogen-bond donors (Lipinski definition) is 3. The van der Waals surface area contributed by atoms with Gasteiger partial charge in [0.2, 0.25) is 0 Å². The van der Waals surface area contributed by atoms with Gasteiger partial charge in [0.15, 0.2) is 0 Å². The largest absolute Gasteiger partial charge is 0.480 e. The van der Waals surface area contributed by atoms with Crippen molar-refractivity contribution in [2.24, 2.45) is 5.92 Å². The number of carbonyl (C=O) groups excluding carboxylic acids is 1. The summed E-state index contributed by atoms with van der Waals surface area (Å²) in [5.41, 5.74) is 0. The van der Waals surface area contributed by atoms with Gasteiger partial charge in [-0.1, -0.05) is 26.2 Å². The highest BCUT2D eigenvalue weighted by atomic mass is 16.4. The van der Waals surface area contributed by atoms with Crippen molar-refractivity contribution in [2.45, 2.75) is 51.5 Å². The van der Waals surface area contributed by atoms with E-state index < -0.39 is 12.0 Å². The quantitative estimate of drug-likeness (QED) is 0.567. The fraction of sp³-hybridized carbons (Fsp3) is 0.833. The molecule has 3 N–H and O–H groups in total. The molecule has 0 spiro atoms. The Bertz CT molecular complexity index is 264. The molecule has 0 radical (unpaired) electrons. The van der Waals surface area contributed by atoms with Gasteiger partial charge >= 0.3 is 12.0 Å². The predicted octanol–water partition coefficient (Wildman–Crippen LogP) is 1.73. The fourth-order valence-electron chi connectivity index (χ4n) is 1.75. The average molecular weight is 242 g/mol. The van der Waals surface area contributed by atoms with Crippen molar-refractivity contribution in [1.82, 2.24) is 10.6 Å². The highest BCUT2D eigenvalue weighted by Gasteiger charge is 2.21. The standard InChI is InChI=1S/C12H22N2O3/c1-2-4-10(11(15)16)14-12(17)13-8-3-5-9-6-7-9/h9-10H,2-8H2,1H3,(H,15,16)(H2,13,14,17)/t10-/m0/s1. The first kappa shape index (κ1) is 13.8. The zero-order valence-corrected chi connectivity index (χ0v) is 10.4. The third-order valence-corrected chi connectivity index (χ3v) is 2.95. The molecule has 2 amide bonds. The minimum Gasteiger partial charge on any atom is -0.480 e. The number of rotatable bonds is 8. The first-order valence-electron chi connectivity index (χ1n) is 6.40. The number of urea groups is 1. The minimum atomic E-state index is -0.972. The Morgan fingerprint density at radius 1 is 1.41 bits per heavy atom. The van der Waals surface area contributed by atoms with Crippen LogP contribution in [0, 0.1) is 5.92 Å². The van der Waals surface area contributed by atoms with E-state index in [4.69, 9.17) is 5.11 Å². The molecular formula is C12H22N2O3. The summed E-state index contributed by atoms with van der Waals surface area (Å²) in [5.74, 6) is -0.105. The van der Waals surface area contributed by atoms with E-state index in [1.54, 1.807) is 0 Å². The fourth-order valence-corrected chi connectivity index (χ4v) is 1.75. The normalized spacial score (nSPS) is 16.3. The zero-order valence-electron chi connectivity index (χ0n) is 10.4. The first-order valence-corrected chi connectivity index (χ1v) is 6.40. The summed E-state index contributed by atoms with van der Waals surface area (Å²) in [6.07, 6.45) is 5.98. The molecule has 1 saturated carbocycles. The molecule has 1 aliphatic carbocycles. The number of nitrogens with one attached hydrogen (secondary N) is 2.